The number of hydrogen-bond acceptors (Lipinski definition) is 6. The molecule has 4 rings (SSSR count). The number of carbonyl (C=O) groups excluding carboxylic acids is 1. The number of para-hydroxylation sites is 2. The normalized spacial score (nSPS) is 15.3. The first-order valence-electron chi connectivity index (χ1n) is 8.74. The average Bonchev–Trinajstić information content (AvgIpc) is 3.16. The van der Waals surface area contributed by atoms with E-state index in [0.29, 0.717) is 30.2 Å². The Labute approximate surface area is 160 Å². The third kappa shape index (κ3) is 3.93. The van der Waals surface area contributed by atoms with Crippen molar-refractivity contribution >= 4 is 5.91 Å². The first-order chi connectivity index (χ1) is 13.6. The Hall–Kier alpha value is -3.49. The van der Waals surface area contributed by atoms with E-state index in [2.05, 4.69) is 15.4 Å². The van der Waals surface area contributed by atoms with Crippen molar-refractivity contribution in [2.24, 2.45) is 0 Å². The molecule has 1 aliphatic rings. The molecule has 8 nitrogen and oxygen atoms in total. The molecule has 1 atom stereocenters. The Morgan fingerprint density at radius 3 is 2.89 bits per heavy atom. The molecule has 0 fully saturated rings. The molecule has 1 aromatic heterocycles. The van der Waals surface area contributed by atoms with E-state index in [9.17, 15) is 9.18 Å². The highest BCUT2D eigenvalue weighted by atomic mass is 19.1. The second kappa shape index (κ2) is 7.63. The van der Waals surface area contributed by atoms with Crippen molar-refractivity contribution in [3.63, 3.8) is 0 Å². The molecule has 0 unspecified atom stereocenters. The fourth-order valence-corrected chi connectivity index (χ4v) is 2.86. The summed E-state index contributed by atoms with van der Waals surface area (Å²) in [5, 5.41) is 11.9. The molecule has 3 aromatic rings. The second-order valence-corrected chi connectivity index (χ2v) is 6.43. The summed E-state index contributed by atoms with van der Waals surface area (Å²) in [6.45, 7) is 0.640. The fourth-order valence-electron chi connectivity index (χ4n) is 2.86. The van der Waals surface area contributed by atoms with Crippen LogP contribution in [-0.4, -0.2) is 57.3 Å². The number of likely N-dealkylation sites (N-methyl/N-ethyl adjacent to an activating group) is 1. The van der Waals surface area contributed by atoms with Crippen LogP contribution in [0.1, 0.15) is 0 Å². The van der Waals surface area contributed by atoms with Gasteiger partial charge in [-0.05, 0) is 29.5 Å². The van der Waals surface area contributed by atoms with Gasteiger partial charge in [0.1, 0.15) is 19.0 Å². The van der Waals surface area contributed by atoms with Gasteiger partial charge in [-0.15, -0.1) is 10.2 Å². The third-order valence-electron chi connectivity index (χ3n) is 4.28. The molecule has 0 saturated carbocycles. The fraction of sp³-hybridized carbons (Fsp3) is 0.263. The molecule has 0 N–H and O–H groups in total. The predicted octanol–water partition coefficient (Wildman–Crippen LogP) is 1.78. The molecular weight excluding hydrogens is 365 g/mol. The molecule has 0 spiro atoms. The molecular formula is C19H18FN5O3. The summed E-state index contributed by atoms with van der Waals surface area (Å²) < 4.78 is 24.9. The predicted molar refractivity (Wildman–Crippen MR) is 97.2 cm³/mol. The molecule has 144 valence electrons. The molecule has 1 aliphatic heterocycles. The quantitative estimate of drug-likeness (QED) is 0.668. The van der Waals surface area contributed by atoms with Gasteiger partial charge in [0.15, 0.2) is 17.6 Å². The third-order valence-corrected chi connectivity index (χ3v) is 4.28. The van der Waals surface area contributed by atoms with Gasteiger partial charge in [-0.3, -0.25) is 4.79 Å². The molecule has 0 saturated heterocycles. The van der Waals surface area contributed by atoms with Crippen molar-refractivity contribution in [2.75, 3.05) is 20.2 Å². The van der Waals surface area contributed by atoms with Crippen molar-refractivity contribution in [2.45, 2.75) is 12.6 Å². The summed E-state index contributed by atoms with van der Waals surface area (Å²) in [5.41, 5.74) is 0.499. The molecule has 28 heavy (non-hydrogen) atoms. The summed E-state index contributed by atoms with van der Waals surface area (Å²) in [5.74, 6) is 1.03. The van der Waals surface area contributed by atoms with Crippen molar-refractivity contribution in [1.82, 2.24) is 25.1 Å². The lowest BCUT2D eigenvalue weighted by Gasteiger charge is -2.29. The van der Waals surface area contributed by atoms with Crippen LogP contribution in [0.15, 0.2) is 48.5 Å². The summed E-state index contributed by atoms with van der Waals surface area (Å²) >= 11 is 0. The van der Waals surface area contributed by atoms with Crippen LogP contribution in [0.2, 0.25) is 0 Å². The Balaban J connectivity index is 1.35. The maximum Gasteiger partial charge on any atom is 0.246 e. The molecule has 0 aliphatic carbocycles. The van der Waals surface area contributed by atoms with Gasteiger partial charge in [-0.1, -0.05) is 24.3 Å². The lowest BCUT2D eigenvalue weighted by atomic mass is 10.2. The molecule has 2 aromatic carbocycles. The van der Waals surface area contributed by atoms with E-state index in [4.69, 9.17) is 9.47 Å². The van der Waals surface area contributed by atoms with Gasteiger partial charge < -0.3 is 14.4 Å². The number of fused-ring (bicyclic) bond motifs is 1. The van der Waals surface area contributed by atoms with Crippen LogP contribution in [0, 0.1) is 5.82 Å². The van der Waals surface area contributed by atoms with Gasteiger partial charge in [0.25, 0.3) is 0 Å². The monoisotopic (exact) mass is 383 g/mol. The number of ether oxygens (including phenoxy) is 2. The highest BCUT2D eigenvalue weighted by Gasteiger charge is 2.24. The average molecular weight is 383 g/mol. The van der Waals surface area contributed by atoms with Crippen LogP contribution in [0.5, 0.6) is 11.5 Å². The minimum atomic E-state index is -0.388. The zero-order chi connectivity index (χ0) is 19.5. The number of amides is 1. The van der Waals surface area contributed by atoms with Crippen LogP contribution < -0.4 is 9.47 Å². The number of carbonyl (C=O) groups is 1. The highest BCUT2D eigenvalue weighted by Crippen LogP contribution is 2.30. The number of tetrazole rings is 1. The highest BCUT2D eigenvalue weighted by molar-refractivity contribution is 5.75. The van der Waals surface area contributed by atoms with Crippen molar-refractivity contribution in [1.29, 1.82) is 0 Å². The molecule has 9 heteroatoms. The smallest absolute Gasteiger partial charge is 0.246 e. The SMILES string of the molecule is CN(C[C@@H]1COc2ccccc2O1)C(=O)Cn1nnc(-c2cccc(F)c2)n1. The van der Waals surface area contributed by atoms with E-state index < -0.39 is 0 Å². The van der Waals surface area contributed by atoms with E-state index >= 15 is 0 Å². The van der Waals surface area contributed by atoms with E-state index in [1.165, 1.54) is 21.8 Å². The van der Waals surface area contributed by atoms with Gasteiger partial charge >= 0.3 is 0 Å². The van der Waals surface area contributed by atoms with Crippen LogP contribution >= 0.6 is 0 Å². The Kier molecular flexibility index (Phi) is 4.88. The number of rotatable bonds is 5. The lowest BCUT2D eigenvalue weighted by molar-refractivity contribution is -0.132. The minimum Gasteiger partial charge on any atom is -0.486 e. The Bertz CT molecular complexity index is 993. The largest absolute Gasteiger partial charge is 0.486 e. The summed E-state index contributed by atoms with van der Waals surface area (Å²) in [7, 11) is 1.68. The molecule has 0 bridgehead atoms. The molecule has 1 amide bonds. The Morgan fingerprint density at radius 1 is 1.25 bits per heavy atom. The second-order valence-electron chi connectivity index (χ2n) is 6.43. The van der Waals surface area contributed by atoms with E-state index in [1.807, 2.05) is 24.3 Å². The van der Waals surface area contributed by atoms with E-state index in [-0.39, 0.29) is 30.2 Å². The van der Waals surface area contributed by atoms with Crippen LogP contribution in [0.3, 0.4) is 0 Å². The van der Waals surface area contributed by atoms with Gasteiger partial charge in [-0.25, -0.2) is 4.39 Å². The first kappa shape index (κ1) is 17.9. The van der Waals surface area contributed by atoms with Crippen LogP contribution in [-0.2, 0) is 11.3 Å². The Morgan fingerprint density at radius 2 is 2.07 bits per heavy atom. The topological polar surface area (TPSA) is 82.4 Å². The van der Waals surface area contributed by atoms with Crippen molar-refractivity contribution < 1.29 is 18.7 Å². The van der Waals surface area contributed by atoms with Gasteiger partial charge in [0.05, 0.1) is 6.54 Å². The number of halogens is 1. The first-order valence-corrected chi connectivity index (χ1v) is 8.74. The van der Waals surface area contributed by atoms with Crippen molar-refractivity contribution in [3.8, 4) is 22.9 Å². The summed E-state index contributed by atoms with van der Waals surface area (Å²) in [6.07, 6.45) is -0.268. The molecule has 0 radical (unpaired) electrons. The maximum absolute atomic E-state index is 13.3. The van der Waals surface area contributed by atoms with Gasteiger partial charge in [0.2, 0.25) is 11.7 Å². The minimum absolute atomic E-state index is 0.0804. The summed E-state index contributed by atoms with van der Waals surface area (Å²) in [6, 6.07) is 13.3. The standard InChI is InChI=1S/C19H18FN5O3/c1-24(10-15-12-27-16-7-2-3-8-17(16)28-15)18(26)11-25-22-19(21-23-25)13-5-4-6-14(20)9-13/h2-9,15H,10-12H2,1H3/t15-/m1/s1. The number of aromatic nitrogens is 4. The van der Waals surface area contributed by atoms with Crippen LogP contribution in [0.4, 0.5) is 4.39 Å². The van der Waals surface area contributed by atoms with Gasteiger partial charge in [0, 0.05) is 12.6 Å². The lowest BCUT2D eigenvalue weighted by Crippen LogP contribution is -2.43. The molecule has 2 heterocycles. The van der Waals surface area contributed by atoms with E-state index in [1.54, 1.807) is 19.2 Å². The number of hydrogen-bond donors (Lipinski definition) is 0. The maximum atomic E-state index is 13.3. The zero-order valence-electron chi connectivity index (χ0n) is 15.2. The summed E-state index contributed by atoms with van der Waals surface area (Å²) in [4.78, 5) is 15.2. The van der Waals surface area contributed by atoms with Crippen LogP contribution in [0.25, 0.3) is 11.4 Å². The van der Waals surface area contributed by atoms with Gasteiger partial charge in [-0.2, -0.15) is 4.80 Å². The number of benzene rings is 2. The number of nitrogens with zero attached hydrogens (tertiary/aromatic N) is 5. The van der Waals surface area contributed by atoms with Crippen molar-refractivity contribution in [3.05, 3.63) is 54.3 Å². The van der Waals surface area contributed by atoms with E-state index in [0.717, 1.165) is 0 Å². The zero-order valence-corrected chi connectivity index (χ0v) is 15.2.